The van der Waals surface area contributed by atoms with Crippen LogP contribution < -0.4 is 14.2 Å². The maximum absolute atomic E-state index is 12.5. The third kappa shape index (κ3) is 3.85. The highest BCUT2D eigenvalue weighted by atomic mass is 32.2. The first-order chi connectivity index (χ1) is 11.4. The Kier molecular flexibility index (Phi) is 5.44. The Labute approximate surface area is 141 Å². The molecular formula is C17H18N2O4S. The number of hydrogen-bond donors (Lipinski definition) is 1. The van der Waals surface area contributed by atoms with E-state index in [0.29, 0.717) is 22.6 Å². The molecule has 126 valence electrons. The average Bonchev–Trinajstić information content (AvgIpc) is 2.60. The van der Waals surface area contributed by atoms with Gasteiger partial charge in [0.05, 0.1) is 30.7 Å². The summed E-state index contributed by atoms with van der Waals surface area (Å²) < 4.78 is 38.1. The van der Waals surface area contributed by atoms with E-state index in [2.05, 4.69) is 4.72 Å². The third-order valence-corrected chi connectivity index (χ3v) is 5.09. The molecule has 1 N–H and O–H groups in total. The van der Waals surface area contributed by atoms with Crippen molar-refractivity contribution in [2.45, 2.75) is 17.9 Å². The average molecular weight is 346 g/mol. The number of nitriles is 1. The van der Waals surface area contributed by atoms with Crippen LogP contribution in [0.15, 0.2) is 47.4 Å². The van der Waals surface area contributed by atoms with E-state index in [0.717, 1.165) is 0 Å². The second-order valence-electron chi connectivity index (χ2n) is 5.09. The zero-order chi connectivity index (χ0) is 17.7. The van der Waals surface area contributed by atoms with Crippen molar-refractivity contribution in [2.75, 3.05) is 14.2 Å². The van der Waals surface area contributed by atoms with Gasteiger partial charge in [0.2, 0.25) is 10.0 Å². The van der Waals surface area contributed by atoms with E-state index in [1.165, 1.54) is 38.5 Å². The van der Waals surface area contributed by atoms with Crippen molar-refractivity contribution in [2.24, 2.45) is 0 Å². The van der Waals surface area contributed by atoms with E-state index in [9.17, 15) is 8.42 Å². The molecule has 0 spiro atoms. The van der Waals surface area contributed by atoms with Crippen molar-refractivity contribution < 1.29 is 17.9 Å². The number of nitrogens with one attached hydrogen (secondary N) is 1. The molecule has 0 aliphatic rings. The molecule has 6 nitrogen and oxygen atoms in total. The van der Waals surface area contributed by atoms with Gasteiger partial charge in [-0.15, -0.1) is 0 Å². The van der Waals surface area contributed by atoms with Gasteiger partial charge in [-0.05, 0) is 49.4 Å². The van der Waals surface area contributed by atoms with Crippen molar-refractivity contribution in [1.82, 2.24) is 4.72 Å². The van der Waals surface area contributed by atoms with E-state index in [-0.39, 0.29) is 4.90 Å². The molecule has 0 bridgehead atoms. The molecule has 0 aromatic heterocycles. The maximum Gasteiger partial charge on any atom is 0.241 e. The number of rotatable bonds is 6. The van der Waals surface area contributed by atoms with E-state index >= 15 is 0 Å². The summed E-state index contributed by atoms with van der Waals surface area (Å²) >= 11 is 0. The van der Waals surface area contributed by atoms with Crippen LogP contribution in [0.3, 0.4) is 0 Å². The quantitative estimate of drug-likeness (QED) is 0.868. The number of hydrogen-bond acceptors (Lipinski definition) is 5. The molecule has 7 heteroatoms. The first-order valence-corrected chi connectivity index (χ1v) is 8.64. The number of nitrogens with zero attached hydrogens (tertiary/aromatic N) is 1. The summed E-state index contributed by atoms with van der Waals surface area (Å²) in [6.07, 6.45) is 0. The minimum atomic E-state index is -3.73. The predicted octanol–water partition coefficient (Wildman–Crippen LogP) is 2.61. The van der Waals surface area contributed by atoms with E-state index < -0.39 is 16.1 Å². The SMILES string of the molecule is COc1ccc(OC)c(C(C)NS(=O)(=O)c2ccc(C#N)cc2)c1. The fourth-order valence-electron chi connectivity index (χ4n) is 2.25. The molecule has 0 aliphatic carbocycles. The highest BCUT2D eigenvalue weighted by Crippen LogP contribution is 2.30. The van der Waals surface area contributed by atoms with Crippen LogP contribution in [0.25, 0.3) is 0 Å². The van der Waals surface area contributed by atoms with E-state index in [4.69, 9.17) is 14.7 Å². The number of benzene rings is 2. The molecule has 0 radical (unpaired) electrons. The van der Waals surface area contributed by atoms with Crippen molar-refractivity contribution >= 4 is 10.0 Å². The second-order valence-corrected chi connectivity index (χ2v) is 6.80. The fourth-order valence-corrected chi connectivity index (χ4v) is 3.47. The van der Waals surface area contributed by atoms with Gasteiger partial charge in [-0.3, -0.25) is 0 Å². The molecule has 2 aromatic rings. The van der Waals surface area contributed by atoms with Gasteiger partial charge in [-0.25, -0.2) is 13.1 Å². The molecule has 0 saturated carbocycles. The van der Waals surface area contributed by atoms with Crippen LogP contribution in [0.1, 0.15) is 24.1 Å². The predicted molar refractivity (Wildman–Crippen MR) is 89.4 cm³/mol. The van der Waals surface area contributed by atoms with Gasteiger partial charge in [0.15, 0.2) is 0 Å². The molecule has 1 unspecified atom stereocenters. The molecule has 0 fully saturated rings. The van der Waals surface area contributed by atoms with E-state index in [1.807, 2.05) is 6.07 Å². The summed E-state index contributed by atoms with van der Waals surface area (Å²) in [5.74, 6) is 1.17. The number of sulfonamides is 1. The Balaban J connectivity index is 2.30. The standard InChI is InChI=1S/C17H18N2O4S/c1-12(16-10-14(22-2)6-9-17(16)23-3)19-24(20,21)15-7-4-13(11-18)5-8-15/h4-10,12,19H,1-3H3. The molecule has 0 amide bonds. The molecule has 1 atom stereocenters. The molecule has 2 rings (SSSR count). The lowest BCUT2D eigenvalue weighted by Gasteiger charge is -2.18. The van der Waals surface area contributed by atoms with Crippen molar-refractivity contribution in [3.05, 3.63) is 53.6 Å². The minimum Gasteiger partial charge on any atom is -0.497 e. The van der Waals surface area contributed by atoms with Crippen molar-refractivity contribution in [3.63, 3.8) is 0 Å². The van der Waals surface area contributed by atoms with Crippen LogP contribution in [-0.2, 0) is 10.0 Å². The lowest BCUT2D eigenvalue weighted by Crippen LogP contribution is -2.27. The zero-order valence-electron chi connectivity index (χ0n) is 13.6. The summed E-state index contributed by atoms with van der Waals surface area (Å²) in [5.41, 5.74) is 1.06. The molecule has 2 aromatic carbocycles. The van der Waals surface area contributed by atoms with Crippen LogP contribution in [0.2, 0.25) is 0 Å². The Morgan fingerprint density at radius 1 is 1.08 bits per heavy atom. The van der Waals surface area contributed by atoms with Gasteiger partial charge in [0, 0.05) is 11.6 Å². The summed E-state index contributed by atoms with van der Waals surface area (Å²) in [6.45, 7) is 1.72. The lowest BCUT2D eigenvalue weighted by atomic mass is 10.1. The number of methoxy groups -OCH3 is 2. The monoisotopic (exact) mass is 346 g/mol. The van der Waals surface area contributed by atoms with Crippen LogP contribution >= 0.6 is 0 Å². The van der Waals surface area contributed by atoms with Gasteiger partial charge >= 0.3 is 0 Å². The lowest BCUT2D eigenvalue weighted by molar-refractivity contribution is 0.395. The summed E-state index contributed by atoms with van der Waals surface area (Å²) in [7, 11) is -0.673. The fraction of sp³-hybridized carbons (Fsp3) is 0.235. The molecule has 24 heavy (non-hydrogen) atoms. The molecule has 0 aliphatic heterocycles. The highest BCUT2D eigenvalue weighted by molar-refractivity contribution is 7.89. The maximum atomic E-state index is 12.5. The Morgan fingerprint density at radius 2 is 1.75 bits per heavy atom. The number of ether oxygens (including phenoxy) is 2. The third-order valence-electron chi connectivity index (χ3n) is 3.53. The molecular weight excluding hydrogens is 328 g/mol. The van der Waals surface area contributed by atoms with Crippen molar-refractivity contribution in [3.8, 4) is 17.6 Å². The van der Waals surface area contributed by atoms with Gasteiger partial charge in [-0.1, -0.05) is 0 Å². The Morgan fingerprint density at radius 3 is 2.29 bits per heavy atom. The topological polar surface area (TPSA) is 88.4 Å². The normalized spacial score (nSPS) is 12.2. The summed E-state index contributed by atoms with van der Waals surface area (Å²) in [6, 6.07) is 12.3. The zero-order valence-corrected chi connectivity index (χ0v) is 14.4. The summed E-state index contributed by atoms with van der Waals surface area (Å²) in [5, 5.41) is 8.79. The summed E-state index contributed by atoms with van der Waals surface area (Å²) in [4.78, 5) is 0.0928. The first kappa shape index (κ1) is 17.8. The Bertz CT molecular complexity index is 855. The second kappa shape index (κ2) is 7.34. The van der Waals surface area contributed by atoms with Crippen molar-refractivity contribution in [1.29, 1.82) is 5.26 Å². The van der Waals surface area contributed by atoms with Gasteiger partial charge < -0.3 is 9.47 Å². The minimum absolute atomic E-state index is 0.0928. The van der Waals surface area contributed by atoms with Crippen LogP contribution in [0, 0.1) is 11.3 Å². The molecule has 0 saturated heterocycles. The van der Waals surface area contributed by atoms with E-state index in [1.54, 1.807) is 25.1 Å². The largest absolute Gasteiger partial charge is 0.497 e. The highest BCUT2D eigenvalue weighted by Gasteiger charge is 2.21. The van der Waals surface area contributed by atoms with Gasteiger partial charge in [-0.2, -0.15) is 5.26 Å². The Hall–Kier alpha value is -2.56. The van der Waals surface area contributed by atoms with Gasteiger partial charge in [0.25, 0.3) is 0 Å². The smallest absolute Gasteiger partial charge is 0.241 e. The van der Waals surface area contributed by atoms with Gasteiger partial charge in [0.1, 0.15) is 11.5 Å². The first-order valence-electron chi connectivity index (χ1n) is 7.15. The van der Waals surface area contributed by atoms with Crippen LogP contribution in [0.4, 0.5) is 0 Å². The molecule has 0 heterocycles. The van der Waals surface area contributed by atoms with Crippen LogP contribution in [0.5, 0.6) is 11.5 Å². The van der Waals surface area contributed by atoms with Crippen LogP contribution in [-0.4, -0.2) is 22.6 Å².